The molecule has 1 aliphatic rings. The van der Waals surface area contributed by atoms with Crippen molar-refractivity contribution < 1.29 is 8.78 Å². The number of hydrogen-bond donors (Lipinski definition) is 2. The van der Waals surface area contributed by atoms with Crippen LogP contribution in [0, 0.1) is 0 Å². The second-order valence-electron chi connectivity index (χ2n) is 6.80. The molecule has 2 N–H and O–H groups in total. The number of rotatable bonds is 6. The lowest BCUT2D eigenvalue weighted by Gasteiger charge is -2.31. The zero-order valence-electron chi connectivity index (χ0n) is 15.3. The van der Waals surface area contributed by atoms with Crippen LogP contribution in [0.1, 0.15) is 43.6 Å². The summed E-state index contributed by atoms with van der Waals surface area (Å²) in [6.45, 7) is -1.67. The standard InChI is InChI=1S/C19H24BrF2N5/c1-23-18(25-12-16-24-10-11-27(16)17(21)22)26-13-19(8-2-3-9-19)14-4-6-15(20)7-5-14/h4-7,10-11,17H,2-3,8-9,12-13H2,1H3,(H2,23,25,26). The average molecular weight is 440 g/mol. The van der Waals surface area contributed by atoms with Crippen LogP contribution in [0.5, 0.6) is 0 Å². The summed E-state index contributed by atoms with van der Waals surface area (Å²) >= 11 is 3.49. The van der Waals surface area contributed by atoms with Crippen molar-refractivity contribution in [2.75, 3.05) is 13.6 Å². The van der Waals surface area contributed by atoms with Gasteiger partial charge in [-0.15, -0.1) is 0 Å². The molecule has 1 saturated carbocycles. The molecule has 0 aliphatic heterocycles. The van der Waals surface area contributed by atoms with Crippen LogP contribution in [0.15, 0.2) is 46.1 Å². The van der Waals surface area contributed by atoms with E-state index in [-0.39, 0.29) is 17.8 Å². The molecule has 1 aromatic heterocycles. The van der Waals surface area contributed by atoms with Crippen molar-refractivity contribution in [2.24, 2.45) is 4.99 Å². The van der Waals surface area contributed by atoms with Crippen LogP contribution in [0.25, 0.3) is 0 Å². The van der Waals surface area contributed by atoms with Gasteiger partial charge in [0.15, 0.2) is 5.96 Å². The number of benzene rings is 1. The molecule has 5 nitrogen and oxygen atoms in total. The number of hydrogen-bond acceptors (Lipinski definition) is 2. The molecule has 3 rings (SSSR count). The number of aromatic nitrogens is 2. The average Bonchev–Trinajstić information content (AvgIpc) is 3.32. The Morgan fingerprint density at radius 3 is 2.59 bits per heavy atom. The van der Waals surface area contributed by atoms with Crippen LogP contribution in [0.3, 0.4) is 0 Å². The van der Waals surface area contributed by atoms with E-state index in [1.807, 2.05) is 0 Å². The van der Waals surface area contributed by atoms with E-state index < -0.39 is 6.55 Å². The number of nitrogens with zero attached hydrogens (tertiary/aromatic N) is 3. The van der Waals surface area contributed by atoms with Crippen molar-refractivity contribution in [2.45, 2.75) is 44.2 Å². The van der Waals surface area contributed by atoms with Gasteiger partial charge in [-0.2, -0.15) is 8.78 Å². The second kappa shape index (κ2) is 8.82. The highest BCUT2D eigenvalue weighted by atomic mass is 79.9. The fourth-order valence-corrected chi connectivity index (χ4v) is 3.98. The van der Waals surface area contributed by atoms with Gasteiger partial charge < -0.3 is 10.6 Å². The van der Waals surface area contributed by atoms with E-state index in [1.54, 1.807) is 7.05 Å². The summed E-state index contributed by atoms with van der Waals surface area (Å²) in [6, 6.07) is 8.50. The fraction of sp³-hybridized carbons (Fsp3) is 0.474. The minimum Gasteiger partial charge on any atom is -0.356 e. The van der Waals surface area contributed by atoms with Crippen molar-refractivity contribution >= 4 is 21.9 Å². The van der Waals surface area contributed by atoms with E-state index in [4.69, 9.17) is 0 Å². The molecule has 0 saturated heterocycles. The number of guanidine groups is 1. The molecule has 0 atom stereocenters. The zero-order valence-corrected chi connectivity index (χ0v) is 16.8. The van der Waals surface area contributed by atoms with Gasteiger partial charge in [-0.3, -0.25) is 9.56 Å². The van der Waals surface area contributed by atoms with E-state index >= 15 is 0 Å². The Labute approximate surface area is 166 Å². The minimum atomic E-state index is -2.60. The van der Waals surface area contributed by atoms with Crippen molar-refractivity contribution in [1.82, 2.24) is 20.2 Å². The first-order chi connectivity index (χ1) is 13.0. The van der Waals surface area contributed by atoms with E-state index in [9.17, 15) is 8.78 Å². The van der Waals surface area contributed by atoms with Crippen molar-refractivity contribution in [1.29, 1.82) is 0 Å². The number of imidazole rings is 1. The van der Waals surface area contributed by atoms with Gasteiger partial charge in [0.05, 0.1) is 6.54 Å². The molecule has 1 aliphatic carbocycles. The molecule has 146 valence electrons. The molecule has 8 heteroatoms. The monoisotopic (exact) mass is 439 g/mol. The first-order valence-electron chi connectivity index (χ1n) is 9.04. The van der Waals surface area contributed by atoms with E-state index in [0.717, 1.165) is 28.4 Å². The zero-order chi connectivity index (χ0) is 19.3. The van der Waals surface area contributed by atoms with E-state index in [0.29, 0.717) is 5.96 Å². The van der Waals surface area contributed by atoms with Crippen molar-refractivity contribution in [3.8, 4) is 0 Å². The Morgan fingerprint density at radius 1 is 1.26 bits per heavy atom. The van der Waals surface area contributed by atoms with Crippen molar-refractivity contribution in [3.63, 3.8) is 0 Å². The van der Waals surface area contributed by atoms with Gasteiger partial charge in [0.2, 0.25) is 0 Å². The van der Waals surface area contributed by atoms with Crippen LogP contribution >= 0.6 is 15.9 Å². The molecule has 1 fully saturated rings. The first-order valence-corrected chi connectivity index (χ1v) is 9.84. The first kappa shape index (κ1) is 19.8. The Hall–Kier alpha value is -1.96. The molecule has 2 aromatic rings. The fourth-order valence-electron chi connectivity index (χ4n) is 3.72. The Morgan fingerprint density at radius 2 is 1.96 bits per heavy atom. The highest BCUT2D eigenvalue weighted by molar-refractivity contribution is 9.10. The summed E-state index contributed by atoms with van der Waals surface area (Å²) in [5.41, 5.74) is 1.39. The van der Waals surface area contributed by atoms with Crippen LogP contribution in [-0.4, -0.2) is 29.1 Å². The summed E-state index contributed by atoms with van der Waals surface area (Å²) in [4.78, 5) is 8.21. The van der Waals surface area contributed by atoms with Crippen LogP contribution < -0.4 is 10.6 Å². The van der Waals surface area contributed by atoms with Gasteiger partial charge in [-0.1, -0.05) is 40.9 Å². The summed E-state index contributed by atoms with van der Waals surface area (Å²) < 4.78 is 27.8. The molecule has 0 bridgehead atoms. The lowest BCUT2D eigenvalue weighted by molar-refractivity contribution is 0.0668. The van der Waals surface area contributed by atoms with Gasteiger partial charge in [0.25, 0.3) is 0 Å². The van der Waals surface area contributed by atoms with Crippen molar-refractivity contribution in [3.05, 3.63) is 52.5 Å². The Balaban J connectivity index is 1.63. The van der Waals surface area contributed by atoms with Gasteiger partial charge in [0, 0.05) is 35.9 Å². The van der Waals surface area contributed by atoms with Gasteiger partial charge in [-0.25, -0.2) is 4.98 Å². The SMILES string of the molecule is CN=C(NCc1nccn1C(F)F)NCC1(c2ccc(Br)cc2)CCCC1. The van der Waals surface area contributed by atoms with Gasteiger partial charge in [0.1, 0.15) is 5.82 Å². The molecule has 0 radical (unpaired) electrons. The molecule has 0 spiro atoms. The Kier molecular flexibility index (Phi) is 6.46. The molecule has 0 unspecified atom stereocenters. The van der Waals surface area contributed by atoms with E-state index in [2.05, 4.69) is 60.8 Å². The summed E-state index contributed by atoms with van der Waals surface area (Å²) in [7, 11) is 1.68. The molecule has 1 heterocycles. The molecular weight excluding hydrogens is 416 g/mol. The van der Waals surface area contributed by atoms with Gasteiger partial charge in [-0.05, 0) is 30.5 Å². The maximum atomic E-state index is 12.9. The number of aliphatic imine (C=N–C) groups is 1. The van der Waals surface area contributed by atoms with Gasteiger partial charge >= 0.3 is 6.55 Å². The van der Waals surface area contributed by atoms with Crippen LogP contribution in [-0.2, 0) is 12.0 Å². The molecule has 27 heavy (non-hydrogen) atoms. The highest BCUT2D eigenvalue weighted by Gasteiger charge is 2.35. The third kappa shape index (κ3) is 4.66. The van der Waals surface area contributed by atoms with E-state index in [1.165, 1.54) is 30.8 Å². The summed E-state index contributed by atoms with van der Waals surface area (Å²) in [5, 5.41) is 6.46. The summed E-state index contributed by atoms with van der Waals surface area (Å²) in [6.07, 6.45) is 7.30. The largest absolute Gasteiger partial charge is 0.356 e. The topological polar surface area (TPSA) is 54.2 Å². The highest BCUT2D eigenvalue weighted by Crippen LogP contribution is 2.40. The number of alkyl halides is 2. The summed E-state index contributed by atoms with van der Waals surface area (Å²) in [5.74, 6) is 0.860. The molecular formula is C19H24BrF2N5. The third-order valence-corrected chi connectivity index (χ3v) is 5.74. The second-order valence-corrected chi connectivity index (χ2v) is 7.72. The van der Waals surface area contributed by atoms with Crippen LogP contribution in [0.2, 0.25) is 0 Å². The predicted octanol–water partition coefficient (Wildman–Crippen LogP) is 4.22. The lowest BCUT2D eigenvalue weighted by atomic mass is 9.79. The number of halogens is 3. The minimum absolute atomic E-state index is 0.0692. The quantitative estimate of drug-likeness (QED) is 0.523. The number of nitrogens with one attached hydrogen (secondary N) is 2. The van der Waals surface area contributed by atoms with Crippen LogP contribution in [0.4, 0.5) is 8.78 Å². The normalized spacial score (nSPS) is 16.7. The maximum absolute atomic E-state index is 12.9. The third-order valence-electron chi connectivity index (χ3n) is 5.21. The molecule has 1 aromatic carbocycles. The Bertz CT molecular complexity index is 767. The molecule has 0 amide bonds. The smallest absolute Gasteiger partial charge is 0.319 e. The predicted molar refractivity (Wildman–Crippen MR) is 106 cm³/mol. The lowest BCUT2D eigenvalue weighted by Crippen LogP contribution is -2.44. The maximum Gasteiger partial charge on any atom is 0.319 e.